The molecule has 7 heteroatoms. The summed E-state index contributed by atoms with van der Waals surface area (Å²) in [4.78, 5) is 30.2. The van der Waals surface area contributed by atoms with Crippen LogP contribution in [0.4, 0.5) is 0 Å². The standard InChI is InChI=1S/C17H15BrN4O2/c18-15-6-5-11(9-19)22(15)16(23)8-10-7-13(17(20)24)12-3-1-2-4-14(12)21-10/h1-4,7,11,15H,5-6,8H2,(H2,20,24)/t11-,15+/m0/s1. The summed E-state index contributed by atoms with van der Waals surface area (Å²) in [7, 11) is 0. The summed E-state index contributed by atoms with van der Waals surface area (Å²) in [6.45, 7) is 0. The molecule has 2 heterocycles. The predicted octanol–water partition coefficient (Wildman–Crippen LogP) is 2.11. The summed E-state index contributed by atoms with van der Waals surface area (Å²) in [6, 6.07) is 10.4. The van der Waals surface area contributed by atoms with E-state index in [4.69, 9.17) is 5.73 Å². The van der Waals surface area contributed by atoms with Crippen molar-refractivity contribution in [1.29, 1.82) is 5.26 Å². The van der Waals surface area contributed by atoms with Gasteiger partial charge in [-0.2, -0.15) is 5.26 Å². The number of nitriles is 1. The number of primary amides is 1. The van der Waals surface area contributed by atoms with E-state index in [1.165, 1.54) is 0 Å². The van der Waals surface area contributed by atoms with E-state index in [1.807, 2.05) is 6.07 Å². The first-order valence-corrected chi connectivity index (χ1v) is 8.46. The molecule has 0 saturated carbocycles. The second-order valence-corrected chi connectivity index (χ2v) is 6.73. The minimum atomic E-state index is -0.559. The molecule has 2 atom stereocenters. The van der Waals surface area contributed by atoms with Crippen molar-refractivity contribution in [2.45, 2.75) is 30.3 Å². The van der Waals surface area contributed by atoms with Crippen LogP contribution >= 0.6 is 15.9 Å². The highest BCUT2D eigenvalue weighted by Crippen LogP contribution is 2.28. The van der Waals surface area contributed by atoms with Gasteiger partial charge in [0, 0.05) is 5.39 Å². The molecule has 1 saturated heterocycles. The largest absolute Gasteiger partial charge is 0.366 e. The predicted molar refractivity (Wildman–Crippen MR) is 92.2 cm³/mol. The first-order chi connectivity index (χ1) is 11.5. The van der Waals surface area contributed by atoms with Crippen molar-refractivity contribution in [2.75, 3.05) is 0 Å². The molecule has 1 aromatic heterocycles. The Kier molecular flexibility index (Phi) is 4.49. The van der Waals surface area contributed by atoms with Crippen molar-refractivity contribution >= 4 is 38.6 Å². The van der Waals surface area contributed by atoms with Gasteiger partial charge in [-0.1, -0.05) is 34.1 Å². The van der Waals surface area contributed by atoms with Crippen molar-refractivity contribution < 1.29 is 9.59 Å². The fourth-order valence-corrected chi connectivity index (χ4v) is 3.77. The number of rotatable bonds is 3. The van der Waals surface area contributed by atoms with Gasteiger partial charge in [0.1, 0.15) is 6.04 Å². The minimum absolute atomic E-state index is 0.0192. The molecule has 0 aliphatic carbocycles. The summed E-state index contributed by atoms with van der Waals surface area (Å²) < 4.78 is 0. The van der Waals surface area contributed by atoms with Crippen molar-refractivity contribution in [3.05, 3.63) is 41.6 Å². The first kappa shape index (κ1) is 16.4. The zero-order chi connectivity index (χ0) is 17.3. The van der Waals surface area contributed by atoms with Gasteiger partial charge in [0.2, 0.25) is 11.8 Å². The van der Waals surface area contributed by atoms with Gasteiger partial charge in [0.15, 0.2) is 0 Å². The number of alkyl halides is 1. The van der Waals surface area contributed by atoms with Gasteiger partial charge in [0.05, 0.1) is 34.2 Å². The van der Waals surface area contributed by atoms with Crippen LogP contribution in [0.2, 0.25) is 0 Å². The van der Waals surface area contributed by atoms with Gasteiger partial charge in [0.25, 0.3) is 0 Å². The molecule has 1 fully saturated rings. The van der Waals surface area contributed by atoms with Gasteiger partial charge in [-0.05, 0) is 25.0 Å². The second kappa shape index (κ2) is 6.57. The maximum absolute atomic E-state index is 12.6. The van der Waals surface area contributed by atoms with Crippen LogP contribution in [0, 0.1) is 11.3 Å². The second-order valence-electron chi connectivity index (χ2n) is 5.68. The van der Waals surface area contributed by atoms with Crippen LogP contribution in [-0.2, 0) is 11.2 Å². The van der Waals surface area contributed by atoms with Crippen molar-refractivity contribution in [3.8, 4) is 6.07 Å². The van der Waals surface area contributed by atoms with Crippen LogP contribution in [0.5, 0.6) is 0 Å². The molecule has 0 bridgehead atoms. The molecule has 3 rings (SSSR count). The molecule has 0 unspecified atom stereocenters. The van der Waals surface area contributed by atoms with Crippen LogP contribution in [0.15, 0.2) is 30.3 Å². The SMILES string of the molecule is N#C[C@@H]1CC[C@H](Br)N1C(=O)Cc1cc(C(N)=O)c2ccccc2n1. The van der Waals surface area contributed by atoms with E-state index in [1.54, 1.807) is 29.2 Å². The number of carbonyl (C=O) groups is 2. The number of aromatic nitrogens is 1. The Bertz CT molecular complexity index is 861. The molecule has 122 valence electrons. The molecule has 1 aromatic carbocycles. The quantitative estimate of drug-likeness (QED) is 0.644. The van der Waals surface area contributed by atoms with Crippen LogP contribution in [-0.4, -0.2) is 32.7 Å². The van der Waals surface area contributed by atoms with Crippen LogP contribution in [0.25, 0.3) is 10.9 Å². The number of nitrogens with two attached hydrogens (primary N) is 1. The summed E-state index contributed by atoms with van der Waals surface area (Å²) in [6.07, 6.45) is 1.41. The smallest absolute Gasteiger partial charge is 0.249 e. The molecule has 0 radical (unpaired) electrons. The third kappa shape index (κ3) is 2.97. The van der Waals surface area contributed by atoms with Crippen molar-refractivity contribution in [3.63, 3.8) is 0 Å². The van der Waals surface area contributed by atoms with Crippen LogP contribution in [0.3, 0.4) is 0 Å². The van der Waals surface area contributed by atoms with E-state index in [0.29, 0.717) is 28.6 Å². The number of likely N-dealkylation sites (tertiary alicyclic amines) is 1. The highest BCUT2D eigenvalue weighted by atomic mass is 79.9. The molecule has 6 nitrogen and oxygen atoms in total. The first-order valence-electron chi connectivity index (χ1n) is 7.54. The van der Waals surface area contributed by atoms with E-state index < -0.39 is 11.9 Å². The molecule has 1 aliphatic heterocycles. The van der Waals surface area contributed by atoms with Gasteiger partial charge in [-0.3, -0.25) is 14.6 Å². The fourth-order valence-electron chi connectivity index (χ4n) is 3.00. The molecule has 2 amide bonds. The zero-order valence-corrected chi connectivity index (χ0v) is 14.4. The lowest BCUT2D eigenvalue weighted by Crippen LogP contribution is -2.39. The number of carbonyl (C=O) groups excluding carboxylic acids is 2. The van der Waals surface area contributed by atoms with E-state index in [-0.39, 0.29) is 17.3 Å². The number of nitrogens with zero attached hydrogens (tertiary/aromatic N) is 3. The Morgan fingerprint density at radius 2 is 2.12 bits per heavy atom. The molecule has 1 aliphatic rings. The number of para-hydroxylation sites is 1. The molecular weight excluding hydrogens is 372 g/mol. The molecular formula is C17H15BrN4O2. The highest BCUT2D eigenvalue weighted by molar-refractivity contribution is 9.09. The lowest BCUT2D eigenvalue weighted by Gasteiger charge is -2.23. The summed E-state index contributed by atoms with van der Waals surface area (Å²) in [5.74, 6) is -0.754. The number of halogens is 1. The number of amides is 2. The monoisotopic (exact) mass is 386 g/mol. The van der Waals surface area contributed by atoms with Crippen molar-refractivity contribution in [1.82, 2.24) is 9.88 Å². The van der Waals surface area contributed by atoms with E-state index in [9.17, 15) is 14.9 Å². The Balaban J connectivity index is 1.94. The van der Waals surface area contributed by atoms with Gasteiger partial charge < -0.3 is 10.6 Å². The average Bonchev–Trinajstić information content (AvgIpc) is 2.94. The average molecular weight is 387 g/mol. The molecule has 2 aromatic rings. The Labute approximate surface area is 147 Å². The van der Waals surface area contributed by atoms with Crippen LogP contribution < -0.4 is 5.73 Å². The minimum Gasteiger partial charge on any atom is -0.366 e. The van der Waals surface area contributed by atoms with E-state index in [2.05, 4.69) is 27.0 Å². The van der Waals surface area contributed by atoms with E-state index >= 15 is 0 Å². The lowest BCUT2D eigenvalue weighted by molar-refractivity contribution is -0.130. The maximum Gasteiger partial charge on any atom is 0.249 e. The lowest BCUT2D eigenvalue weighted by atomic mass is 10.1. The third-order valence-corrected chi connectivity index (χ3v) is 5.02. The van der Waals surface area contributed by atoms with Gasteiger partial charge >= 0.3 is 0 Å². The normalized spacial score (nSPS) is 20.1. The van der Waals surface area contributed by atoms with Gasteiger partial charge in [-0.25, -0.2) is 0 Å². The van der Waals surface area contributed by atoms with Crippen molar-refractivity contribution in [2.24, 2.45) is 5.73 Å². The summed E-state index contributed by atoms with van der Waals surface area (Å²) in [5.41, 5.74) is 6.88. The zero-order valence-electron chi connectivity index (χ0n) is 12.8. The number of pyridine rings is 1. The highest BCUT2D eigenvalue weighted by Gasteiger charge is 2.35. The molecule has 0 spiro atoms. The molecule has 2 N–H and O–H groups in total. The number of benzene rings is 1. The number of hydrogen-bond donors (Lipinski definition) is 1. The summed E-state index contributed by atoms with van der Waals surface area (Å²) in [5, 5.41) is 9.85. The van der Waals surface area contributed by atoms with Gasteiger partial charge in [-0.15, -0.1) is 0 Å². The third-order valence-electron chi connectivity index (χ3n) is 4.12. The topological polar surface area (TPSA) is 100 Å². The Morgan fingerprint density at radius 3 is 2.83 bits per heavy atom. The van der Waals surface area contributed by atoms with E-state index in [0.717, 1.165) is 6.42 Å². The molecule has 24 heavy (non-hydrogen) atoms. The fraction of sp³-hybridized carbons (Fsp3) is 0.294. The Morgan fingerprint density at radius 1 is 1.38 bits per heavy atom. The Hall–Kier alpha value is -2.46. The number of fused-ring (bicyclic) bond motifs is 1. The summed E-state index contributed by atoms with van der Waals surface area (Å²) >= 11 is 3.44. The van der Waals surface area contributed by atoms with Crippen LogP contribution in [0.1, 0.15) is 28.9 Å². The number of hydrogen-bond acceptors (Lipinski definition) is 4. The maximum atomic E-state index is 12.6.